The van der Waals surface area contributed by atoms with E-state index in [1.54, 1.807) is 18.0 Å². The van der Waals surface area contributed by atoms with Crippen LogP contribution in [0.1, 0.15) is 49.4 Å². The monoisotopic (exact) mass is 402 g/mol. The zero-order chi connectivity index (χ0) is 19.9. The molecule has 0 aliphatic carbocycles. The Kier molecular flexibility index (Phi) is 7.30. The number of nitrogens with one attached hydrogen (secondary N) is 1. The molecule has 0 bridgehead atoms. The van der Waals surface area contributed by atoms with Gasteiger partial charge in [-0.3, -0.25) is 9.78 Å². The Labute approximate surface area is 171 Å². The third-order valence-electron chi connectivity index (χ3n) is 4.83. The van der Waals surface area contributed by atoms with Crippen molar-refractivity contribution in [2.75, 3.05) is 30.8 Å². The van der Waals surface area contributed by atoms with Gasteiger partial charge in [0.15, 0.2) is 5.16 Å². The number of nitrogens with zero attached hydrogens (tertiary/aromatic N) is 5. The minimum atomic E-state index is -0.116. The predicted octanol–water partition coefficient (Wildman–Crippen LogP) is 3.01. The van der Waals surface area contributed by atoms with Gasteiger partial charge in [-0.1, -0.05) is 25.6 Å². The standard InChI is InChI=1S/C20H30N6OS/c1-15(2)14-26-18(23-24-20(26)28-3)7-6-9-22-19(27)17-13-16(8-10-21-17)25-11-4-5-12-25/h8,10,13,15H,4-7,9,11-12,14H2,1-3H3,(H,22,27). The van der Waals surface area contributed by atoms with E-state index in [1.807, 2.05) is 18.4 Å². The van der Waals surface area contributed by atoms with Gasteiger partial charge in [0.2, 0.25) is 0 Å². The molecule has 1 N–H and O–H groups in total. The molecule has 0 unspecified atom stereocenters. The molecule has 2 aromatic heterocycles. The average molecular weight is 403 g/mol. The molecule has 1 fully saturated rings. The summed E-state index contributed by atoms with van der Waals surface area (Å²) >= 11 is 1.62. The number of hydrogen-bond acceptors (Lipinski definition) is 6. The maximum atomic E-state index is 12.5. The molecule has 3 rings (SSSR count). The number of carbonyl (C=O) groups is 1. The summed E-state index contributed by atoms with van der Waals surface area (Å²) in [5.41, 5.74) is 1.57. The van der Waals surface area contributed by atoms with Crippen molar-refractivity contribution in [2.24, 2.45) is 5.92 Å². The summed E-state index contributed by atoms with van der Waals surface area (Å²) in [7, 11) is 0. The highest BCUT2D eigenvalue weighted by molar-refractivity contribution is 7.98. The number of pyridine rings is 1. The summed E-state index contributed by atoms with van der Waals surface area (Å²) in [4.78, 5) is 19.0. The highest BCUT2D eigenvalue weighted by atomic mass is 32.2. The fraction of sp³-hybridized carbons (Fsp3) is 0.600. The van der Waals surface area contributed by atoms with Crippen molar-refractivity contribution in [2.45, 2.75) is 51.2 Å². The van der Waals surface area contributed by atoms with E-state index in [4.69, 9.17) is 0 Å². The highest BCUT2D eigenvalue weighted by Gasteiger charge is 2.15. The minimum absolute atomic E-state index is 0.116. The number of carbonyl (C=O) groups excluding carboxylic acids is 1. The van der Waals surface area contributed by atoms with Gasteiger partial charge in [0.1, 0.15) is 11.5 Å². The first kappa shape index (κ1) is 20.6. The third-order valence-corrected chi connectivity index (χ3v) is 5.50. The molecular weight excluding hydrogens is 372 g/mol. The van der Waals surface area contributed by atoms with Gasteiger partial charge in [-0.05, 0) is 43.6 Å². The fourth-order valence-corrected chi connectivity index (χ4v) is 3.98. The lowest BCUT2D eigenvalue weighted by molar-refractivity contribution is 0.0948. The normalized spacial score (nSPS) is 14.1. The maximum absolute atomic E-state index is 12.5. The van der Waals surface area contributed by atoms with E-state index in [2.05, 4.69) is 43.8 Å². The molecule has 152 valence electrons. The second kappa shape index (κ2) is 9.91. The first-order valence-corrected chi connectivity index (χ1v) is 11.3. The first-order valence-electron chi connectivity index (χ1n) is 10.0. The van der Waals surface area contributed by atoms with Crippen molar-refractivity contribution in [3.05, 3.63) is 29.8 Å². The molecule has 28 heavy (non-hydrogen) atoms. The van der Waals surface area contributed by atoms with Crippen LogP contribution in [-0.2, 0) is 13.0 Å². The van der Waals surface area contributed by atoms with Crippen molar-refractivity contribution in [3.63, 3.8) is 0 Å². The molecule has 0 saturated carbocycles. The summed E-state index contributed by atoms with van der Waals surface area (Å²) in [6.45, 7) is 8.00. The highest BCUT2D eigenvalue weighted by Crippen LogP contribution is 2.20. The number of anilines is 1. The van der Waals surface area contributed by atoms with Crippen molar-refractivity contribution >= 4 is 23.4 Å². The Morgan fingerprint density at radius 3 is 2.79 bits per heavy atom. The molecule has 3 heterocycles. The van der Waals surface area contributed by atoms with E-state index in [0.717, 1.165) is 49.1 Å². The summed E-state index contributed by atoms with van der Waals surface area (Å²) in [5, 5.41) is 12.5. The van der Waals surface area contributed by atoms with E-state index in [9.17, 15) is 4.79 Å². The number of rotatable bonds is 9. The van der Waals surface area contributed by atoms with Gasteiger partial charge in [0.05, 0.1) is 0 Å². The average Bonchev–Trinajstić information content (AvgIpc) is 3.35. The number of aromatic nitrogens is 4. The Morgan fingerprint density at radius 1 is 1.29 bits per heavy atom. The van der Waals surface area contributed by atoms with Crippen LogP contribution in [0, 0.1) is 5.92 Å². The van der Waals surface area contributed by atoms with Gasteiger partial charge in [-0.25, -0.2) is 0 Å². The summed E-state index contributed by atoms with van der Waals surface area (Å²) in [5.74, 6) is 1.41. The van der Waals surface area contributed by atoms with Gasteiger partial charge < -0.3 is 14.8 Å². The third kappa shape index (κ3) is 5.25. The van der Waals surface area contributed by atoms with Crippen molar-refractivity contribution in [1.82, 2.24) is 25.1 Å². The van der Waals surface area contributed by atoms with Gasteiger partial charge >= 0.3 is 0 Å². The number of hydrogen-bond donors (Lipinski definition) is 1. The lowest BCUT2D eigenvalue weighted by Gasteiger charge is -2.17. The van der Waals surface area contributed by atoms with Crippen molar-refractivity contribution < 1.29 is 4.79 Å². The quantitative estimate of drug-likeness (QED) is 0.513. The zero-order valence-electron chi connectivity index (χ0n) is 17.0. The Balaban J connectivity index is 1.51. The smallest absolute Gasteiger partial charge is 0.269 e. The molecule has 1 saturated heterocycles. The molecule has 1 aliphatic heterocycles. The summed E-state index contributed by atoms with van der Waals surface area (Å²) in [6.07, 6.45) is 7.78. The Bertz CT molecular complexity index is 785. The molecule has 8 heteroatoms. The van der Waals surface area contributed by atoms with Gasteiger partial charge in [-0.15, -0.1) is 10.2 Å². The topological polar surface area (TPSA) is 75.9 Å². The second-order valence-corrected chi connectivity index (χ2v) is 8.33. The number of thioether (sulfide) groups is 1. The van der Waals surface area contributed by atoms with Gasteiger partial charge in [0, 0.05) is 44.5 Å². The molecule has 0 atom stereocenters. The Morgan fingerprint density at radius 2 is 2.07 bits per heavy atom. The molecule has 0 spiro atoms. The lowest BCUT2D eigenvalue weighted by Crippen LogP contribution is -2.26. The minimum Gasteiger partial charge on any atom is -0.371 e. The zero-order valence-corrected chi connectivity index (χ0v) is 17.8. The largest absolute Gasteiger partial charge is 0.371 e. The summed E-state index contributed by atoms with van der Waals surface area (Å²) in [6, 6.07) is 3.87. The molecule has 1 aliphatic rings. The lowest BCUT2D eigenvalue weighted by atomic mass is 10.2. The van der Waals surface area contributed by atoms with Crippen LogP contribution in [-0.4, -0.2) is 51.5 Å². The molecule has 7 nitrogen and oxygen atoms in total. The van der Waals surface area contributed by atoms with Crippen LogP contribution in [0.4, 0.5) is 5.69 Å². The fourth-order valence-electron chi connectivity index (χ4n) is 3.46. The van der Waals surface area contributed by atoms with E-state index < -0.39 is 0 Å². The SMILES string of the molecule is CSc1nnc(CCCNC(=O)c2cc(N3CCCC3)ccn2)n1CC(C)C. The number of aryl methyl sites for hydroxylation is 1. The molecule has 0 radical (unpaired) electrons. The Hall–Kier alpha value is -2.09. The van der Waals surface area contributed by atoms with E-state index >= 15 is 0 Å². The van der Waals surface area contributed by atoms with E-state index in [-0.39, 0.29) is 5.91 Å². The molecule has 2 aromatic rings. The first-order chi connectivity index (χ1) is 13.6. The van der Waals surface area contributed by atoms with E-state index in [1.165, 1.54) is 12.8 Å². The predicted molar refractivity (Wildman–Crippen MR) is 113 cm³/mol. The van der Waals surface area contributed by atoms with Crippen LogP contribution in [0.3, 0.4) is 0 Å². The number of amides is 1. The molecular formula is C20H30N6OS. The van der Waals surface area contributed by atoms with Crippen molar-refractivity contribution in [3.8, 4) is 0 Å². The van der Waals surface area contributed by atoms with Crippen LogP contribution in [0.15, 0.2) is 23.5 Å². The van der Waals surface area contributed by atoms with E-state index in [0.29, 0.717) is 18.2 Å². The van der Waals surface area contributed by atoms with Crippen LogP contribution >= 0.6 is 11.8 Å². The summed E-state index contributed by atoms with van der Waals surface area (Å²) < 4.78 is 2.19. The van der Waals surface area contributed by atoms with Crippen LogP contribution in [0.2, 0.25) is 0 Å². The maximum Gasteiger partial charge on any atom is 0.269 e. The molecule has 1 amide bonds. The second-order valence-electron chi connectivity index (χ2n) is 7.56. The van der Waals surface area contributed by atoms with Crippen LogP contribution in [0.25, 0.3) is 0 Å². The van der Waals surface area contributed by atoms with Crippen LogP contribution in [0.5, 0.6) is 0 Å². The molecule has 0 aromatic carbocycles. The van der Waals surface area contributed by atoms with Gasteiger partial charge in [0.25, 0.3) is 5.91 Å². The van der Waals surface area contributed by atoms with Crippen LogP contribution < -0.4 is 10.2 Å². The van der Waals surface area contributed by atoms with Gasteiger partial charge in [-0.2, -0.15) is 0 Å². The van der Waals surface area contributed by atoms with Crippen molar-refractivity contribution in [1.29, 1.82) is 0 Å².